The van der Waals surface area contributed by atoms with Crippen molar-refractivity contribution in [1.29, 1.82) is 5.26 Å². The number of para-hydroxylation sites is 2. The Morgan fingerprint density at radius 2 is 2.00 bits per heavy atom. The third-order valence-corrected chi connectivity index (χ3v) is 3.90. The molecule has 1 aromatic carbocycles. The van der Waals surface area contributed by atoms with Gasteiger partial charge in [0.25, 0.3) is 0 Å². The van der Waals surface area contributed by atoms with Crippen LogP contribution in [-0.2, 0) is 14.2 Å². The highest BCUT2D eigenvalue weighted by Gasteiger charge is 2.49. The molecule has 0 aromatic heterocycles. The fraction of sp³-hybridized carbons (Fsp3) is 0.533. The van der Waals surface area contributed by atoms with Crippen LogP contribution < -0.4 is 14.8 Å². The molecule has 1 fully saturated rings. The molecule has 2 aliphatic heterocycles. The highest BCUT2D eigenvalue weighted by molar-refractivity contribution is 5.40. The van der Waals surface area contributed by atoms with E-state index < -0.39 is 24.5 Å². The SMILES string of the molecule is CO[C@H]1O[C@@H]2COc3ccccc3O[C@@H]2[C@@H](NC#N)[C@H]1OC. The minimum absolute atomic E-state index is 0.307. The Morgan fingerprint density at radius 1 is 1.23 bits per heavy atom. The number of nitrogens with zero attached hydrogens (tertiary/aromatic N) is 1. The number of hydrogen-bond acceptors (Lipinski definition) is 7. The Kier molecular flexibility index (Phi) is 4.34. The maximum absolute atomic E-state index is 9.06. The molecule has 118 valence electrons. The lowest BCUT2D eigenvalue weighted by Gasteiger charge is -2.43. The number of rotatable bonds is 3. The van der Waals surface area contributed by atoms with Crippen molar-refractivity contribution in [1.82, 2.24) is 5.32 Å². The molecule has 7 heteroatoms. The summed E-state index contributed by atoms with van der Waals surface area (Å²) in [6.07, 6.45) is 0.0692. The van der Waals surface area contributed by atoms with Crippen molar-refractivity contribution in [3.05, 3.63) is 24.3 Å². The number of nitrogens with one attached hydrogen (secondary N) is 1. The average Bonchev–Trinajstić information content (AvgIpc) is 2.74. The predicted octanol–water partition coefficient (Wildman–Crippen LogP) is 0.652. The zero-order valence-corrected chi connectivity index (χ0v) is 12.4. The number of fused-ring (bicyclic) bond motifs is 2. The standard InChI is InChI=1S/C15H18N2O5/c1-18-14-12(17-8-16)13-11(22-15(14)19-2)7-20-9-5-3-4-6-10(9)21-13/h3-6,11-15,17H,7H2,1-2H3/t11-,12-,13+,14-,15+/m1/s1. The van der Waals surface area contributed by atoms with Gasteiger partial charge in [-0.3, -0.25) is 0 Å². The first-order chi connectivity index (χ1) is 10.8. The first-order valence-electron chi connectivity index (χ1n) is 7.02. The summed E-state index contributed by atoms with van der Waals surface area (Å²) in [7, 11) is 3.08. The molecular weight excluding hydrogens is 288 g/mol. The fourth-order valence-corrected chi connectivity index (χ4v) is 2.87. The molecule has 0 unspecified atom stereocenters. The van der Waals surface area contributed by atoms with Crippen LogP contribution in [-0.4, -0.2) is 51.5 Å². The number of nitriles is 1. The summed E-state index contributed by atoms with van der Waals surface area (Å²) in [6, 6.07) is 6.99. The van der Waals surface area contributed by atoms with Crippen LogP contribution in [0.25, 0.3) is 0 Å². The Morgan fingerprint density at radius 3 is 2.68 bits per heavy atom. The molecule has 0 bridgehead atoms. The largest absolute Gasteiger partial charge is 0.487 e. The monoisotopic (exact) mass is 306 g/mol. The summed E-state index contributed by atoms with van der Waals surface area (Å²) < 4.78 is 28.5. The van der Waals surface area contributed by atoms with E-state index in [0.717, 1.165) is 0 Å². The van der Waals surface area contributed by atoms with E-state index in [0.29, 0.717) is 18.1 Å². The van der Waals surface area contributed by atoms with Crippen molar-refractivity contribution in [3.63, 3.8) is 0 Å². The Balaban J connectivity index is 1.92. The lowest BCUT2D eigenvalue weighted by atomic mass is 9.96. The van der Waals surface area contributed by atoms with Crippen LogP contribution >= 0.6 is 0 Å². The first-order valence-corrected chi connectivity index (χ1v) is 7.02. The van der Waals surface area contributed by atoms with Crippen molar-refractivity contribution in [2.45, 2.75) is 30.6 Å². The molecule has 0 amide bonds. The third-order valence-electron chi connectivity index (χ3n) is 3.90. The summed E-state index contributed by atoms with van der Waals surface area (Å²) in [5, 5.41) is 11.8. The highest BCUT2D eigenvalue weighted by atomic mass is 16.7. The normalized spacial score (nSPS) is 33.2. The van der Waals surface area contributed by atoms with Gasteiger partial charge < -0.3 is 29.0 Å². The van der Waals surface area contributed by atoms with Crippen LogP contribution in [0.3, 0.4) is 0 Å². The molecule has 22 heavy (non-hydrogen) atoms. The summed E-state index contributed by atoms with van der Waals surface area (Å²) >= 11 is 0. The van der Waals surface area contributed by atoms with Gasteiger partial charge in [0.1, 0.15) is 24.9 Å². The van der Waals surface area contributed by atoms with E-state index in [2.05, 4.69) is 5.32 Å². The number of benzene rings is 1. The Bertz CT molecular complexity index is 561. The maximum atomic E-state index is 9.06. The van der Waals surface area contributed by atoms with Gasteiger partial charge in [0.2, 0.25) is 0 Å². The molecule has 0 saturated carbocycles. The van der Waals surface area contributed by atoms with E-state index in [4.69, 9.17) is 28.9 Å². The van der Waals surface area contributed by atoms with Crippen molar-refractivity contribution >= 4 is 0 Å². The zero-order valence-electron chi connectivity index (χ0n) is 12.4. The van der Waals surface area contributed by atoms with Crippen LogP contribution in [0, 0.1) is 11.5 Å². The molecule has 7 nitrogen and oxygen atoms in total. The summed E-state index contributed by atoms with van der Waals surface area (Å²) in [5.74, 6) is 1.27. The first kappa shape index (κ1) is 14.9. The van der Waals surface area contributed by atoms with Crippen LogP contribution in [0.4, 0.5) is 0 Å². The van der Waals surface area contributed by atoms with Gasteiger partial charge in [-0.05, 0) is 12.1 Å². The van der Waals surface area contributed by atoms with Gasteiger partial charge in [0, 0.05) is 14.2 Å². The molecule has 5 atom stereocenters. The lowest BCUT2D eigenvalue weighted by molar-refractivity contribution is -0.268. The van der Waals surface area contributed by atoms with Gasteiger partial charge in [-0.25, -0.2) is 0 Å². The molecular formula is C15H18N2O5. The second kappa shape index (κ2) is 6.40. The smallest absolute Gasteiger partial charge is 0.186 e. The van der Waals surface area contributed by atoms with E-state index in [1.54, 1.807) is 7.11 Å². The minimum atomic E-state index is -0.606. The second-order valence-electron chi connectivity index (χ2n) is 5.10. The predicted molar refractivity (Wildman–Crippen MR) is 75.4 cm³/mol. The van der Waals surface area contributed by atoms with Crippen LogP contribution in [0.5, 0.6) is 11.5 Å². The van der Waals surface area contributed by atoms with Crippen molar-refractivity contribution in [2.75, 3.05) is 20.8 Å². The van der Waals surface area contributed by atoms with Gasteiger partial charge in [-0.2, -0.15) is 5.26 Å². The molecule has 0 spiro atoms. The Hall–Kier alpha value is -2.01. The maximum Gasteiger partial charge on any atom is 0.186 e. The quantitative estimate of drug-likeness (QED) is 0.648. The van der Waals surface area contributed by atoms with Gasteiger partial charge in [-0.1, -0.05) is 12.1 Å². The van der Waals surface area contributed by atoms with E-state index in [1.807, 2.05) is 30.5 Å². The molecule has 2 aliphatic rings. The highest BCUT2D eigenvalue weighted by Crippen LogP contribution is 2.35. The molecule has 1 aromatic rings. The molecule has 0 aliphatic carbocycles. The fourth-order valence-electron chi connectivity index (χ4n) is 2.87. The average molecular weight is 306 g/mol. The van der Waals surface area contributed by atoms with Crippen molar-refractivity contribution < 1.29 is 23.7 Å². The lowest BCUT2D eigenvalue weighted by Crippen LogP contribution is -2.65. The molecule has 0 radical (unpaired) electrons. The number of hydrogen-bond donors (Lipinski definition) is 1. The van der Waals surface area contributed by atoms with Crippen LogP contribution in [0.2, 0.25) is 0 Å². The van der Waals surface area contributed by atoms with Gasteiger partial charge in [0.15, 0.2) is 30.1 Å². The van der Waals surface area contributed by atoms with Gasteiger partial charge >= 0.3 is 0 Å². The van der Waals surface area contributed by atoms with Crippen molar-refractivity contribution in [3.8, 4) is 17.7 Å². The van der Waals surface area contributed by atoms with E-state index >= 15 is 0 Å². The minimum Gasteiger partial charge on any atom is -0.487 e. The topological polar surface area (TPSA) is 82.0 Å². The van der Waals surface area contributed by atoms with Crippen LogP contribution in [0.15, 0.2) is 24.3 Å². The molecule has 1 N–H and O–H groups in total. The number of ether oxygens (including phenoxy) is 5. The van der Waals surface area contributed by atoms with E-state index in [-0.39, 0.29) is 6.10 Å². The van der Waals surface area contributed by atoms with E-state index in [1.165, 1.54) is 7.11 Å². The summed E-state index contributed by atoms with van der Waals surface area (Å²) in [4.78, 5) is 0. The number of methoxy groups -OCH3 is 2. The van der Waals surface area contributed by atoms with Crippen molar-refractivity contribution in [2.24, 2.45) is 0 Å². The Labute approximate surface area is 128 Å². The van der Waals surface area contributed by atoms with Crippen LogP contribution in [0.1, 0.15) is 0 Å². The summed E-state index contributed by atoms with van der Waals surface area (Å²) in [6.45, 7) is 0.307. The zero-order chi connectivity index (χ0) is 15.5. The van der Waals surface area contributed by atoms with E-state index in [9.17, 15) is 0 Å². The third kappa shape index (κ3) is 2.57. The van der Waals surface area contributed by atoms with Gasteiger partial charge in [0.05, 0.1) is 0 Å². The molecule has 3 rings (SSSR count). The van der Waals surface area contributed by atoms with Gasteiger partial charge in [-0.15, -0.1) is 0 Å². The second-order valence-corrected chi connectivity index (χ2v) is 5.10. The summed E-state index contributed by atoms with van der Waals surface area (Å²) in [5.41, 5.74) is 0. The molecule has 2 heterocycles. The molecule has 1 saturated heterocycles.